The van der Waals surface area contributed by atoms with Crippen LogP contribution >= 0.6 is 11.6 Å². The lowest BCUT2D eigenvalue weighted by atomic mass is 9.95. The number of amides is 5. The SMILES string of the molecule is COCOc1cc(-c2ncc3c(N4CC5CCC(C4)N5C(=O)OC(C)(C)C)nc(OCC4(CN5CCC(COCC6CCN(C(=O)c7ccc(Cl)c(N8CCC(=O)NC8=O)c7)CC6)CC5)CC4)nc3c2F)c2c(C#C[Si](C(C)C)(C(C)C)C(C)C)c(F)ccc2c1. The molecule has 3 aromatic carbocycles. The first-order chi connectivity index (χ1) is 43.4. The quantitative estimate of drug-likeness (QED) is 0.0468. The van der Waals surface area contributed by atoms with Gasteiger partial charge in [0.25, 0.3) is 5.91 Å². The molecule has 2 aromatic heterocycles. The lowest BCUT2D eigenvalue weighted by molar-refractivity contribution is -0.120. The van der Waals surface area contributed by atoms with E-state index in [2.05, 4.69) is 68.1 Å². The third kappa shape index (κ3) is 14.1. The number of piperazine rings is 1. The number of hydrogen-bond acceptors (Lipinski definition) is 14. The number of hydrogen-bond donors (Lipinski definition) is 1. The molecule has 11 rings (SSSR count). The van der Waals surface area contributed by atoms with Crippen molar-refractivity contribution in [3.8, 4) is 34.5 Å². The van der Waals surface area contributed by atoms with Crippen LogP contribution in [0.1, 0.15) is 136 Å². The Morgan fingerprint density at radius 1 is 0.846 bits per heavy atom. The summed E-state index contributed by atoms with van der Waals surface area (Å²) in [5.74, 6) is 3.28. The van der Waals surface area contributed by atoms with Crippen LogP contribution in [0.25, 0.3) is 32.9 Å². The Labute approximate surface area is 539 Å². The van der Waals surface area contributed by atoms with Crippen molar-refractivity contribution >= 4 is 76.8 Å². The molecule has 2 bridgehead atoms. The van der Waals surface area contributed by atoms with Crippen LogP contribution in [0.5, 0.6) is 11.8 Å². The molecule has 22 heteroatoms. The van der Waals surface area contributed by atoms with Crippen molar-refractivity contribution in [1.82, 2.24) is 35.0 Å². The van der Waals surface area contributed by atoms with Gasteiger partial charge in [0.1, 0.15) is 42.3 Å². The summed E-state index contributed by atoms with van der Waals surface area (Å²) in [6.07, 6.45) is 8.55. The fourth-order valence-electron chi connectivity index (χ4n) is 14.8. The molecule has 0 radical (unpaired) electrons. The number of nitrogens with one attached hydrogen (secondary N) is 1. The monoisotopic (exact) mass is 1290 g/mol. The first kappa shape index (κ1) is 65.8. The van der Waals surface area contributed by atoms with E-state index in [-0.39, 0.29) is 94.6 Å². The van der Waals surface area contributed by atoms with Gasteiger partial charge in [-0.3, -0.25) is 29.7 Å². The second kappa shape index (κ2) is 27.1. The molecule has 5 aliphatic heterocycles. The minimum absolute atomic E-state index is 0.00382. The van der Waals surface area contributed by atoms with E-state index in [4.69, 9.17) is 50.2 Å². The highest BCUT2D eigenvalue weighted by Gasteiger charge is 2.48. The van der Waals surface area contributed by atoms with E-state index in [0.717, 1.165) is 71.0 Å². The van der Waals surface area contributed by atoms with Gasteiger partial charge in [-0.1, -0.05) is 65.1 Å². The smallest absolute Gasteiger partial charge is 0.410 e. The van der Waals surface area contributed by atoms with Crippen LogP contribution in [0.4, 0.5) is 29.9 Å². The summed E-state index contributed by atoms with van der Waals surface area (Å²) in [5, 5.41) is 4.04. The molecule has 18 nitrogen and oxygen atoms in total. The van der Waals surface area contributed by atoms with Crippen molar-refractivity contribution in [2.45, 2.75) is 154 Å². The van der Waals surface area contributed by atoms with E-state index in [1.165, 1.54) is 18.1 Å². The zero-order valence-corrected chi connectivity index (χ0v) is 56.2. The topological polar surface area (TPSA) is 181 Å². The predicted molar refractivity (Wildman–Crippen MR) is 350 cm³/mol. The number of anilines is 2. The fraction of sp³-hybridized carbons (Fsp3) is 0.580. The van der Waals surface area contributed by atoms with Crippen molar-refractivity contribution in [1.29, 1.82) is 0 Å². The summed E-state index contributed by atoms with van der Waals surface area (Å²) in [6, 6.07) is 10.6. The Balaban J connectivity index is 0.787. The number of nitrogens with zero attached hydrogens (tertiary/aromatic N) is 8. The Hall–Kier alpha value is -6.70. The summed E-state index contributed by atoms with van der Waals surface area (Å²) in [5.41, 5.74) is 5.04. The second-order valence-electron chi connectivity index (χ2n) is 28.1. The standard InChI is InChI=1S/C69H88ClF2N9O9Si/c1-42(2)91(43(3)4,44(5)6)30-22-52-56(71)16-12-47-31-51(89-41-86-10)33-53(59(47)52)61-60(72)62-54(34-73-61)63(79-35-49-13-14-50(36-79)81(49)67(85)90-68(7,8)9)76-65(75-62)88-40-69(23-24-69)39-77-25-17-45(18-26-77)37-87-38-46-19-27-78(28-20-46)64(83)48-11-15-55(70)57(32-48)80-29-21-58(82)74-66(80)84/h11-12,15-16,31-34,42-46,49-50H,13-14,17-21,23-29,35-41H2,1-10H3,(H,74,82,84). The van der Waals surface area contributed by atoms with Crippen LogP contribution in [0.15, 0.2) is 48.7 Å². The number of carbonyl (C=O) groups is 4. The summed E-state index contributed by atoms with van der Waals surface area (Å²) < 4.78 is 65.1. The van der Waals surface area contributed by atoms with Gasteiger partial charge in [-0.25, -0.2) is 18.4 Å². The molecule has 1 saturated carbocycles. The maximum absolute atomic E-state index is 18.3. The highest BCUT2D eigenvalue weighted by molar-refractivity contribution is 6.90. The maximum Gasteiger partial charge on any atom is 0.410 e. The Morgan fingerprint density at radius 3 is 2.14 bits per heavy atom. The highest BCUT2D eigenvalue weighted by Crippen LogP contribution is 2.48. The number of benzene rings is 3. The number of urea groups is 1. The van der Waals surface area contributed by atoms with E-state index in [9.17, 15) is 19.2 Å². The Morgan fingerprint density at radius 2 is 1.52 bits per heavy atom. The summed E-state index contributed by atoms with van der Waals surface area (Å²) in [4.78, 5) is 76.1. The number of rotatable bonds is 19. The third-order valence-electron chi connectivity index (χ3n) is 19.8. The highest BCUT2D eigenvalue weighted by atomic mass is 35.5. The zero-order valence-electron chi connectivity index (χ0n) is 54.4. The Kier molecular flexibility index (Phi) is 19.6. The molecular weight excluding hydrogens is 1200 g/mol. The van der Waals surface area contributed by atoms with E-state index in [1.54, 1.807) is 42.6 Å². The van der Waals surface area contributed by atoms with Gasteiger partial charge in [0.05, 0.1) is 40.4 Å². The molecule has 0 spiro atoms. The van der Waals surface area contributed by atoms with Gasteiger partial charge in [0.2, 0.25) is 5.91 Å². The van der Waals surface area contributed by atoms with Gasteiger partial charge in [-0.2, -0.15) is 9.97 Å². The van der Waals surface area contributed by atoms with Crippen LogP contribution in [0.3, 0.4) is 0 Å². The first-order valence-corrected chi connectivity index (χ1v) is 35.2. The number of imide groups is 1. The third-order valence-corrected chi connectivity index (χ3v) is 26.4. The number of pyridine rings is 1. The lowest BCUT2D eigenvalue weighted by Gasteiger charge is -2.42. The summed E-state index contributed by atoms with van der Waals surface area (Å²) in [7, 11) is -0.841. The number of fused-ring (bicyclic) bond motifs is 4. The van der Waals surface area contributed by atoms with Gasteiger partial charge >= 0.3 is 18.1 Å². The molecule has 91 heavy (non-hydrogen) atoms. The second-order valence-corrected chi connectivity index (χ2v) is 34.1. The van der Waals surface area contributed by atoms with Gasteiger partial charge in [0.15, 0.2) is 12.6 Å². The number of aromatic nitrogens is 3. The van der Waals surface area contributed by atoms with Gasteiger partial charge < -0.3 is 38.4 Å². The molecule has 5 aromatic rings. The molecule has 6 aliphatic rings. The van der Waals surface area contributed by atoms with Crippen molar-refractivity contribution in [3.63, 3.8) is 0 Å². The van der Waals surface area contributed by atoms with E-state index >= 15 is 8.78 Å². The first-order valence-electron chi connectivity index (χ1n) is 32.6. The Bertz CT molecular complexity index is 3600. The number of piperidine rings is 2. The molecule has 2 atom stereocenters. The van der Waals surface area contributed by atoms with Crippen molar-refractivity contribution in [2.24, 2.45) is 17.3 Å². The van der Waals surface area contributed by atoms with E-state index in [1.807, 2.05) is 30.6 Å². The number of carbonyl (C=O) groups excluding carboxylic acids is 4. The van der Waals surface area contributed by atoms with Crippen LogP contribution in [-0.2, 0) is 19.0 Å². The average molecular weight is 1290 g/mol. The summed E-state index contributed by atoms with van der Waals surface area (Å²) >= 11 is 6.46. The summed E-state index contributed by atoms with van der Waals surface area (Å²) in [6.45, 7) is 25.4. The number of methoxy groups -OCH3 is 1. The molecule has 6 fully saturated rings. The molecule has 5 saturated heterocycles. The normalized spacial score (nSPS) is 20.0. The largest absolute Gasteiger partial charge is 0.468 e. The van der Waals surface area contributed by atoms with Crippen LogP contribution < -0.4 is 24.6 Å². The van der Waals surface area contributed by atoms with Crippen LogP contribution in [0, 0.1) is 40.3 Å². The minimum atomic E-state index is -2.36. The number of likely N-dealkylation sites (tertiary alicyclic amines) is 2. The fourth-order valence-corrected chi connectivity index (χ4v) is 20.2. The molecule has 2 unspecified atom stereocenters. The van der Waals surface area contributed by atoms with E-state index < -0.39 is 31.3 Å². The van der Waals surface area contributed by atoms with Gasteiger partial charge in [-0.15, -0.1) is 5.54 Å². The maximum atomic E-state index is 18.3. The van der Waals surface area contributed by atoms with Crippen LogP contribution in [0.2, 0.25) is 21.6 Å². The lowest BCUT2D eigenvalue weighted by Crippen LogP contribution is -2.57. The molecule has 1 N–H and O–H groups in total. The van der Waals surface area contributed by atoms with Crippen molar-refractivity contribution in [3.05, 3.63) is 76.4 Å². The average Bonchev–Trinajstić information content (AvgIpc) is 1.08. The van der Waals surface area contributed by atoms with Gasteiger partial charge in [0, 0.05) is 94.1 Å². The zero-order chi connectivity index (χ0) is 64.7. The van der Waals surface area contributed by atoms with Gasteiger partial charge in [-0.05, 0) is 155 Å². The molecule has 5 amide bonds. The number of ether oxygens (including phenoxy) is 5. The minimum Gasteiger partial charge on any atom is -0.468 e. The van der Waals surface area contributed by atoms with Crippen molar-refractivity contribution in [2.75, 3.05) is 95.9 Å². The van der Waals surface area contributed by atoms with Crippen molar-refractivity contribution < 1.29 is 51.6 Å². The van der Waals surface area contributed by atoms with E-state index in [0.29, 0.717) is 107 Å². The molecule has 1 aliphatic carbocycles. The molecule has 7 heterocycles. The predicted octanol–water partition coefficient (Wildman–Crippen LogP) is 12.8. The number of halogens is 3. The molecule has 488 valence electrons. The van der Waals surface area contributed by atoms with Crippen LogP contribution in [-0.4, -0.2) is 165 Å². The molecular formula is C69H88ClF2N9O9Si.